The third kappa shape index (κ3) is 2.38. The molecular weight excluding hydrogens is 148 g/mol. The molecule has 1 heterocycles. The van der Waals surface area contributed by atoms with E-state index in [1.807, 2.05) is 0 Å². The van der Waals surface area contributed by atoms with Crippen molar-refractivity contribution in [2.45, 2.75) is 20.4 Å². The van der Waals surface area contributed by atoms with E-state index >= 15 is 0 Å². The molecule has 0 aromatic carbocycles. The molecule has 1 aromatic heterocycles. The minimum absolute atomic E-state index is 1.09. The van der Waals surface area contributed by atoms with Crippen molar-refractivity contribution >= 4 is 0 Å². The lowest BCUT2D eigenvalue weighted by molar-refractivity contribution is 0.382. The van der Waals surface area contributed by atoms with Gasteiger partial charge in [-0.3, -0.25) is 0 Å². The molecule has 1 rings (SSSR count). The van der Waals surface area contributed by atoms with Gasteiger partial charge in [0.15, 0.2) is 0 Å². The topological polar surface area (TPSA) is 8.17 Å². The summed E-state index contributed by atoms with van der Waals surface area (Å²) < 4.78 is 2.30. The molecule has 0 saturated heterocycles. The van der Waals surface area contributed by atoms with Crippen LogP contribution >= 0.6 is 0 Å². The van der Waals surface area contributed by atoms with Gasteiger partial charge in [0, 0.05) is 25.0 Å². The third-order valence-corrected chi connectivity index (χ3v) is 2.04. The highest BCUT2D eigenvalue weighted by atomic mass is 15.1. The number of aryl methyl sites for hydroxylation is 2. The first-order chi connectivity index (χ1) is 5.59. The van der Waals surface area contributed by atoms with Crippen LogP contribution in [0.3, 0.4) is 0 Å². The Morgan fingerprint density at radius 3 is 2.42 bits per heavy atom. The van der Waals surface area contributed by atoms with E-state index in [0.29, 0.717) is 0 Å². The van der Waals surface area contributed by atoms with Crippen LogP contribution in [0.25, 0.3) is 0 Å². The molecule has 1 aromatic rings. The smallest absolute Gasteiger partial charge is 0.0349 e. The molecule has 0 aliphatic rings. The molecular formula is C10H18N2. The molecule has 0 aliphatic heterocycles. The van der Waals surface area contributed by atoms with Crippen molar-refractivity contribution in [2.75, 3.05) is 20.6 Å². The number of rotatable bonds is 3. The Morgan fingerprint density at radius 2 is 2.00 bits per heavy atom. The van der Waals surface area contributed by atoms with E-state index in [-0.39, 0.29) is 0 Å². The van der Waals surface area contributed by atoms with Crippen molar-refractivity contribution in [3.8, 4) is 0 Å². The second kappa shape index (κ2) is 3.76. The molecule has 0 saturated carbocycles. The molecule has 12 heavy (non-hydrogen) atoms. The van der Waals surface area contributed by atoms with Gasteiger partial charge in [-0.05, 0) is 39.6 Å². The predicted molar refractivity (Wildman–Crippen MR) is 52.5 cm³/mol. The zero-order valence-corrected chi connectivity index (χ0v) is 8.46. The number of nitrogens with zero attached hydrogens (tertiary/aromatic N) is 2. The summed E-state index contributed by atoms with van der Waals surface area (Å²) in [6, 6.07) is 2.22. The molecule has 0 fully saturated rings. The van der Waals surface area contributed by atoms with Gasteiger partial charge in [0.1, 0.15) is 0 Å². The summed E-state index contributed by atoms with van der Waals surface area (Å²) >= 11 is 0. The van der Waals surface area contributed by atoms with Crippen LogP contribution in [0.1, 0.15) is 11.3 Å². The minimum atomic E-state index is 1.09. The van der Waals surface area contributed by atoms with Gasteiger partial charge < -0.3 is 9.47 Å². The van der Waals surface area contributed by atoms with E-state index in [2.05, 4.69) is 49.7 Å². The van der Waals surface area contributed by atoms with E-state index in [1.54, 1.807) is 0 Å². The van der Waals surface area contributed by atoms with Crippen molar-refractivity contribution in [3.05, 3.63) is 23.5 Å². The molecule has 0 bridgehead atoms. The van der Waals surface area contributed by atoms with E-state index in [4.69, 9.17) is 0 Å². The Bertz CT molecular complexity index is 248. The number of hydrogen-bond donors (Lipinski definition) is 0. The van der Waals surface area contributed by atoms with Gasteiger partial charge in [-0.25, -0.2) is 0 Å². The van der Waals surface area contributed by atoms with Crippen LogP contribution in [-0.4, -0.2) is 30.1 Å². The molecule has 0 amide bonds. The Balaban J connectivity index is 2.57. The Hall–Kier alpha value is -0.760. The van der Waals surface area contributed by atoms with Crippen molar-refractivity contribution < 1.29 is 0 Å². The van der Waals surface area contributed by atoms with Gasteiger partial charge in [0.05, 0.1) is 0 Å². The summed E-state index contributed by atoms with van der Waals surface area (Å²) in [7, 11) is 4.21. The largest absolute Gasteiger partial charge is 0.350 e. The Morgan fingerprint density at radius 1 is 1.33 bits per heavy atom. The second-order valence-corrected chi connectivity index (χ2v) is 3.66. The summed E-state index contributed by atoms with van der Waals surface area (Å²) in [5.41, 5.74) is 2.71. The first-order valence-electron chi connectivity index (χ1n) is 4.37. The molecule has 0 aliphatic carbocycles. The minimum Gasteiger partial charge on any atom is -0.350 e. The van der Waals surface area contributed by atoms with Crippen LogP contribution in [0.5, 0.6) is 0 Å². The standard InChI is InChI=1S/C10H18N2/c1-9-7-10(2)12(8-9)6-5-11(3)4/h7-8H,5-6H2,1-4H3. The van der Waals surface area contributed by atoms with E-state index in [0.717, 1.165) is 13.1 Å². The fraction of sp³-hybridized carbons (Fsp3) is 0.600. The van der Waals surface area contributed by atoms with E-state index in [9.17, 15) is 0 Å². The summed E-state index contributed by atoms with van der Waals surface area (Å²) in [6.07, 6.45) is 2.21. The third-order valence-electron chi connectivity index (χ3n) is 2.04. The Labute approximate surface area is 74.8 Å². The first kappa shape index (κ1) is 9.33. The zero-order valence-electron chi connectivity index (χ0n) is 8.46. The van der Waals surface area contributed by atoms with Crippen LogP contribution in [-0.2, 0) is 6.54 Å². The van der Waals surface area contributed by atoms with Crippen LogP contribution in [0.2, 0.25) is 0 Å². The molecule has 2 nitrogen and oxygen atoms in total. The zero-order chi connectivity index (χ0) is 9.14. The summed E-state index contributed by atoms with van der Waals surface area (Å²) in [5, 5.41) is 0. The van der Waals surface area contributed by atoms with Crippen LogP contribution in [0, 0.1) is 13.8 Å². The van der Waals surface area contributed by atoms with Crippen molar-refractivity contribution in [1.29, 1.82) is 0 Å². The average molecular weight is 166 g/mol. The summed E-state index contributed by atoms with van der Waals surface area (Å²) in [6.45, 7) is 6.49. The molecule has 68 valence electrons. The maximum Gasteiger partial charge on any atom is 0.0349 e. The van der Waals surface area contributed by atoms with Crippen LogP contribution in [0.15, 0.2) is 12.3 Å². The normalized spacial score (nSPS) is 11.1. The van der Waals surface area contributed by atoms with Crippen molar-refractivity contribution in [2.24, 2.45) is 0 Å². The van der Waals surface area contributed by atoms with Gasteiger partial charge in [0.2, 0.25) is 0 Å². The lowest BCUT2D eigenvalue weighted by Gasteiger charge is -2.11. The molecule has 2 heteroatoms. The SMILES string of the molecule is Cc1cc(C)n(CCN(C)C)c1. The monoisotopic (exact) mass is 166 g/mol. The first-order valence-corrected chi connectivity index (χ1v) is 4.37. The summed E-state index contributed by atoms with van der Waals surface area (Å²) in [5.74, 6) is 0. The fourth-order valence-electron chi connectivity index (χ4n) is 1.35. The predicted octanol–water partition coefficient (Wildman–Crippen LogP) is 1.67. The van der Waals surface area contributed by atoms with Gasteiger partial charge in [-0.2, -0.15) is 0 Å². The van der Waals surface area contributed by atoms with Crippen LogP contribution < -0.4 is 0 Å². The Kier molecular flexibility index (Phi) is 2.93. The lowest BCUT2D eigenvalue weighted by Crippen LogP contribution is -2.18. The molecule has 0 unspecified atom stereocenters. The number of aromatic nitrogens is 1. The van der Waals surface area contributed by atoms with Gasteiger partial charge >= 0.3 is 0 Å². The average Bonchev–Trinajstić information content (AvgIpc) is 2.26. The fourth-order valence-corrected chi connectivity index (χ4v) is 1.35. The number of hydrogen-bond acceptors (Lipinski definition) is 1. The quantitative estimate of drug-likeness (QED) is 0.663. The van der Waals surface area contributed by atoms with Crippen molar-refractivity contribution in [3.63, 3.8) is 0 Å². The maximum absolute atomic E-state index is 2.30. The molecule has 0 N–H and O–H groups in total. The van der Waals surface area contributed by atoms with Gasteiger partial charge in [0.25, 0.3) is 0 Å². The summed E-state index contributed by atoms with van der Waals surface area (Å²) in [4.78, 5) is 2.20. The highest BCUT2D eigenvalue weighted by molar-refractivity contribution is 5.15. The number of likely N-dealkylation sites (N-methyl/N-ethyl adjacent to an activating group) is 1. The molecule has 0 spiro atoms. The maximum atomic E-state index is 2.30. The molecule has 0 atom stereocenters. The lowest BCUT2D eigenvalue weighted by atomic mass is 10.4. The van der Waals surface area contributed by atoms with Crippen molar-refractivity contribution in [1.82, 2.24) is 9.47 Å². The van der Waals surface area contributed by atoms with Crippen LogP contribution in [0.4, 0.5) is 0 Å². The molecule has 0 radical (unpaired) electrons. The highest BCUT2D eigenvalue weighted by Crippen LogP contribution is 2.05. The van der Waals surface area contributed by atoms with E-state index < -0.39 is 0 Å². The van der Waals surface area contributed by atoms with Gasteiger partial charge in [-0.15, -0.1) is 0 Å². The van der Waals surface area contributed by atoms with Gasteiger partial charge in [-0.1, -0.05) is 0 Å². The second-order valence-electron chi connectivity index (χ2n) is 3.66. The highest BCUT2D eigenvalue weighted by Gasteiger charge is 1.98. The van der Waals surface area contributed by atoms with E-state index in [1.165, 1.54) is 11.3 Å².